The third kappa shape index (κ3) is 5.95. The smallest absolute Gasteiger partial charge is 0.244 e. The van der Waals surface area contributed by atoms with Crippen LogP contribution in [0.25, 0.3) is 10.8 Å². The molecular weight excluding hydrogens is 419 g/mol. The second kappa shape index (κ2) is 10.4. The van der Waals surface area contributed by atoms with Crippen molar-refractivity contribution in [3.8, 4) is 11.5 Å². The topological polar surface area (TPSA) is 59.9 Å². The summed E-state index contributed by atoms with van der Waals surface area (Å²) in [5, 5.41) is 6.34. The molecule has 0 fully saturated rings. The lowest BCUT2D eigenvalue weighted by atomic mass is 10.1. The molecule has 5 nitrogen and oxygen atoms in total. The highest BCUT2D eigenvalue weighted by molar-refractivity contribution is 5.84. The summed E-state index contributed by atoms with van der Waals surface area (Å²) in [6.45, 7) is 0.411. The van der Waals surface area contributed by atoms with Gasteiger partial charge in [-0.25, -0.2) is 9.82 Å². The van der Waals surface area contributed by atoms with Gasteiger partial charge in [-0.2, -0.15) is 5.10 Å². The highest BCUT2D eigenvalue weighted by Gasteiger charge is 2.07. The quantitative estimate of drug-likeness (QED) is 0.299. The van der Waals surface area contributed by atoms with Gasteiger partial charge in [0, 0.05) is 0 Å². The number of rotatable bonds is 8. The van der Waals surface area contributed by atoms with Crippen LogP contribution >= 0.6 is 0 Å². The zero-order chi connectivity index (χ0) is 23.0. The molecule has 0 unspecified atom stereocenters. The maximum absolute atomic E-state index is 13.0. The van der Waals surface area contributed by atoms with Gasteiger partial charge >= 0.3 is 0 Å². The lowest BCUT2D eigenvalue weighted by Gasteiger charge is -2.12. The number of carbonyl (C=O) groups excluding carboxylic acids is 1. The summed E-state index contributed by atoms with van der Waals surface area (Å²) in [6.07, 6.45) is 1.64. The number of methoxy groups -OCH3 is 1. The number of amides is 1. The van der Waals surface area contributed by atoms with E-state index >= 15 is 0 Å². The van der Waals surface area contributed by atoms with Crippen LogP contribution in [0, 0.1) is 5.82 Å². The SMILES string of the molecule is COc1cc(/C=N/NC(=O)Cc2ccc(F)cc2)ccc1OCc1ccc2ccccc2c1. The fourth-order valence-electron chi connectivity index (χ4n) is 3.38. The van der Waals surface area contributed by atoms with Gasteiger partial charge in [-0.15, -0.1) is 0 Å². The van der Waals surface area contributed by atoms with Crippen molar-refractivity contribution in [3.63, 3.8) is 0 Å². The highest BCUT2D eigenvalue weighted by atomic mass is 19.1. The summed E-state index contributed by atoms with van der Waals surface area (Å²) in [5.74, 6) is 0.552. The molecule has 0 aliphatic rings. The summed E-state index contributed by atoms with van der Waals surface area (Å²) in [6, 6.07) is 25.6. The van der Waals surface area contributed by atoms with Crippen molar-refractivity contribution in [2.45, 2.75) is 13.0 Å². The van der Waals surface area contributed by atoms with Crippen LogP contribution in [0.4, 0.5) is 4.39 Å². The number of nitrogens with zero attached hydrogens (tertiary/aromatic N) is 1. The van der Waals surface area contributed by atoms with E-state index in [1.54, 1.807) is 25.3 Å². The van der Waals surface area contributed by atoms with E-state index in [1.165, 1.54) is 29.1 Å². The average molecular weight is 442 g/mol. The normalized spacial score (nSPS) is 11.0. The first-order chi connectivity index (χ1) is 16.1. The van der Waals surface area contributed by atoms with Crippen molar-refractivity contribution in [3.05, 3.63) is 107 Å². The molecule has 4 aromatic carbocycles. The summed E-state index contributed by atoms with van der Waals surface area (Å²) in [7, 11) is 1.57. The number of hydrogen-bond acceptors (Lipinski definition) is 4. The number of benzene rings is 4. The van der Waals surface area contributed by atoms with E-state index in [0.29, 0.717) is 23.7 Å². The fourth-order valence-corrected chi connectivity index (χ4v) is 3.38. The second-order valence-corrected chi connectivity index (χ2v) is 7.48. The number of hydrogen-bond donors (Lipinski definition) is 1. The second-order valence-electron chi connectivity index (χ2n) is 7.48. The Bertz CT molecular complexity index is 1290. The number of halogens is 1. The van der Waals surface area contributed by atoms with Crippen molar-refractivity contribution in [1.29, 1.82) is 0 Å². The molecule has 0 aliphatic carbocycles. The summed E-state index contributed by atoms with van der Waals surface area (Å²) >= 11 is 0. The maximum atomic E-state index is 13.0. The Kier molecular flexibility index (Phi) is 6.95. The van der Waals surface area contributed by atoms with Gasteiger partial charge in [0.1, 0.15) is 12.4 Å². The van der Waals surface area contributed by atoms with Crippen molar-refractivity contribution in [2.75, 3.05) is 7.11 Å². The summed E-state index contributed by atoms with van der Waals surface area (Å²) in [4.78, 5) is 12.0. The lowest BCUT2D eigenvalue weighted by molar-refractivity contribution is -0.120. The first-order valence-electron chi connectivity index (χ1n) is 10.5. The Hall–Kier alpha value is -4.19. The number of hydrazone groups is 1. The van der Waals surface area contributed by atoms with Crippen molar-refractivity contribution >= 4 is 22.9 Å². The van der Waals surface area contributed by atoms with Crippen LogP contribution in [0.2, 0.25) is 0 Å². The van der Waals surface area contributed by atoms with Crippen LogP contribution in [0.1, 0.15) is 16.7 Å². The van der Waals surface area contributed by atoms with Gasteiger partial charge in [0.25, 0.3) is 0 Å². The van der Waals surface area contributed by atoms with E-state index in [2.05, 4.69) is 34.8 Å². The number of carbonyl (C=O) groups is 1. The number of nitrogens with one attached hydrogen (secondary N) is 1. The molecule has 0 aliphatic heterocycles. The van der Waals surface area contributed by atoms with Crippen LogP contribution in [-0.2, 0) is 17.8 Å². The molecule has 0 aromatic heterocycles. The molecule has 0 spiro atoms. The molecule has 0 bridgehead atoms. The minimum atomic E-state index is -0.337. The van der Waals surface area contributed by atoms with Crippen LogP contribution in [0.15, 0.2) is 90.0 Å². The number of ether oxygens (including phenoxy) is 2. The lowest BCUT2D eigenvalue weighted by Crippen LogP contribution is -2.19. The van der Waals surface area contributed by atoms with Crippen molar-refractivity contribution in [2.24, 2.45) is 5.10 Å². The predicted octanol–water partition coefficient (Wildman–Crippen LogP) is 5.26. The standard InChI is InChI=1S/C27H23FN2O3/c1-32-26-15-20(17-29-30-27(31)16-19-7-11-24(28)12-8-19)9-13-25(26)33-18-21-6-10-22-4-2-3-5-23(22)14-21/h2-15,17H,16,18H2,1H3,(H,30,31)/b29-17+. The molecule has 0 saturated heterocycles. The zero-order valence-electron chi connectivity index (χ0n) is 18.1. The Morgan fingerprint density at radius 1 is 0.909 bits per heavy atom. The highest BCUT2D eigenvalue weighted by Crippen LogP contribution is 2.28. The minimum Gasteiger partial charge on any atom is -0.493 e. The van der Waals surface area contributed by atoms with E-state index in [0.717, 1.165) is 11.1 Å². The largest absolute Gasteiger partial charge is 0.493 e. The first-order valence-corrected chi connectivity index (χ1v) is 10.5. The molecule has 0 saturated carbocycles. The van der Waals surface area contributed by atoms with Gasteiger partial charge in [-0.05, 0) is 63.9 Å². The van der Waals surface area contributed by atoms with Gasteiger partial charge in [-0.3, -0.25) is 4.79 Å². The Morgan fingerprint density at radius 2 is 1.67 bits per heavy atom. The molecule has 4 rings (SSSR count). The summed E-state index contributed by atoms with van der Waals surface area (Å²) in [5.41, 5.74) is 4.98. The van der Waals surface area contributed by atoms with E-state index < -0.39 is 0 Å². The molecule has 4 aromatic rings. The van der Waals surface area contributed by atoms with E-state index in [4.69, 9.17) is 9.47 Å². The summed E-state index contributed by atoms with van der Waals surface area (Å²) < 4.78 is 24.4. The van der Waals surface area contributed by atoms with Gasteiger partial charge in [0.2, 0.25) is 5.91 Å². The Morgan fingerprint density at radius 3 is 2.45 bits per heavy atom. The molecule has 1 amide bonds. The molecule has 0 atom stereocenters. The monoisotopic (exact) mass is 442 g/mol. The molecule has 1 N–H and O–H groups in total. The van der Waals surface area contributed by atoms with Gasteiger partial charge in [-0.1, -0.05) is 48.5 Å². The van der Waals surface area contributed by atoms with Crippen molar-refractivity contribution < 1.29 is 18.7 Å². The molecule has 0 heterocycles. The zero-order valence-corrected chi connectivity index (χ0v) is 18.1. The molecular formula is C27H23FN2O3. The van der Waals surface area contributed by atoms with Crippen molar-refractivity contribution in [1.82, 2.24) is 5.43 Å². The minimum absolute atomic E-state index is 0.114. The first kappa shape index (κ1) is 22.0. The van der Waals surface area contributed by atoms with E-state index in [-0.39, 0.29) is 18.1 Å². The third-order valence-electron chi connectivity index (χ3n) is 5.08. The molecule has 33 heavy (non-hydrogen) atoms. The molecule has 0 radical (unpaired) electrons. The Balaban J connectivity index is 1.35. The Labute approximate surface area is 191 Å². The average Bonchev–Trinajstić information content (AvgIpc) is 2.84. The van der Waals surface area contributed by atoms with Gasteiger partial charge < -0.3 is 9.47 Å². The maximum Gasteiger partial charge on any atom is 0.244 e. The van der Waals surface area contributed by atoms with Gasteiger partial charge in [0.15, 0.2) is 11.5 Å². The fraction of sp³-hybridized carbons (Fsp3) is 0.111. The van der Waals surface area contributed by atoms with Gasteiger partial charge in [0.05, 0.1) is 19.7 Å². The van der Waals surface area contributed by atoms with Crippen LogP contribution < -0.4 is 14.9 Å². The van der Waals surface area contributed by atoms with E-state index in [1.807, 2.05) is 30.3 Å². The number of fused-ring (bicyclic) bond motifs is 1. The van der Waals surface area contributed by atoms with Crippen LogP contribution in [-0.4, -0.2) is 19.2 Å². The molecule has 6 heteroatoms. The van der Waals surface area contributed by atoms with Crippen LogP contribution in [0.3, 0.4) is 0 Å². The van der Waals surface area contributed by atoms with E-state index in [9.17, 15) is 9.18 Å². The third-order valence-corrected chi connectivity index (χ3v) is 5.08. The predicted molar refractivity (Wildman–Crippen MR) is 127 cm³/mol. The van der Waals surface area contributed by atoms with Crippen LogP contribution in [0.5, 0.6) is 11.5 Å². The molecule has 166 valence electrons.